The molecule has 1 aliphatic rings. The molecule has 0 unspecified atom stereocenters. The molecular formula is C21H29N3O3. The number of carbonyl (C=O) groups is 1. The molecule has 6 nitrogen and oxygen atoms in total. The zero-order chi connectivity index (χ0) is 20.2. The van der Waals surface area contributed by atoms with Crippen LogP contribution in [0.4, 0.5) is 4.79 Å². The smallest absolute Gasteiger partial charge is 0.410 e. The van der Waals surface area contributed by atoms with Gasteiger partial charge in [-0.25, -0.2) is 4.79 Å². The molecule has 1 aromatic rings. The van der Waals surface area contributed by atoms with Crippen molar-refractivity contribution < 1.29 is 9.53 Å². The Bertz CT molecular complexity index is 823. The monoisotopic (exact) mass is 371 g/mol. The van der Waals surface area contributed by atoms with Crippen LogP contribution in [0.15, 0.2) is 23.1 Å². The number of carbonyl (C=O) groups excluding carboxylic acids is 1. The molecule has 0 saturated carbocycles. The van der Waals surface area contributed by atoms with Crippen molar-refractivity contribution in [1.82, 2.24) is 9.47 Å². The van der Waals surface area contributed by atoms with Crippen LogP contribution in [0.5, 0.6) is 0 Å². The molecule has 0 N–H and O–H groups in total. The first kappa shape index (κ1) is 20.8. The van der Waals surface area contributed by atoms with Crippen molar-refractivity contribution in [2.45, 2.75) is 59.6 Å². The summed E-state index contributed by atoms with van der Waals surface area (Å²) >= 11 is 0. The fourth-order valence-electron chi connectivity index (χ4n) is 2.93. The van der Waals surface area contributed by atoms with Crippen LogP contribution in [0.1, 0.15) is 58.6 Å². The van der Waals surface area contributed by atoms with Gasteiger partial charge in [-0.2, -0.15) is 5.26 Å². The molecule has 0 aliphatic carbocycles. The van der Waals surface area contributed by atoms with Crippen LogP contribution in [0.25, 0.3) is 5.57 Å². The topological polar surface area (TPSA) is 75.3 Å². The normalized spacial score (nSPS) is 14.7. The Morgan fingerprint density at radius 2 is 2.07 bits per heavy atom. The van der Waals surface area contributed by atoms with E-state index in [1.165, 1.54) is 0 Å². The first-order valence-electron chi connectivity index (χ1n) is 9.43. The number of hydrogen-bond donors (Lipinski definition) is 0. The highest BCUT2D eigenvalue weighted by atomic mass is 16.6. The predicted octanol–water partition coefficient (Wildman–Crippen LogP) is 3.79. The summed E-state index contributed by atoms with van der Waals surface area (Å²) in [6.07, 6.45) is 4.80. The minimum absolute atomic E-state index is 0.179. The first-order valence-corrected chi connectivity index (χ1v) is 9.43. The second kappa shape index (κ2) is 8.43. The molecule has 6 heteroatoms. The van der Waals surface area contributed by atoms with E-state index in [0.717, 1.165) is 12.0 Å². The average Bonchev–Trinajstić information content (AvgIpc) is 2.59. The second-order valence-electron chi connectivity index (χ2n) is 8.30. The van der Waals surface area contributed by atoms with Crippen LogP contribution in [0.2, 0.25) is 0 Å². The fraction of sp³-hybridized carbons (Fsp3) is 0.571. The van der Waals surface area contributed by atoms with E-state index >= 15 is 0 Å². The summed E-state index contributed by atoms with van der Waals surface area (Å²) in [5.74, 6) is 0.488. The highest BCUT2D eigenvalue weighted by Crippen LogP contribution is 2.24. The molecule has 1 aromatic heterocycles. The van der Waals surface area contributed by atoms with Gasteiger partial charge in [-0.3, -0.25) is 4.79 Å². The molecule has 27 heavy (non-hydrogen) atoms. The molecule has 1 amide bonds. The third-order valence-electron chi connectivity index (χ3n) is 4.43. The van der Waals surface area contributed by atoms with E-state index in [9.17, 15) is 14.9 Å². The summed E-state index contributed by atoms with van der Waals surface area (Å²) in [6.45, 7) is 11.2. The Labute approximate surface area is 161 Å². The molecule has 2 rings (SSSR count). The number of pyridine rings is 1. The van der Waals surface area contributed by atoms with Crippen molar-refractivity contribution in [3.8, 4) is 6.07 Å². The number of aryl methyl sites for hydroxylation is 1. The lowest BCUT2D eigenvalue weighted by atomic mass is 9.96. The van der Waals surface area contributed by atoms with Crippen molar-refractivity contribution in [1.29, 1.82) is 5.26 Å². The number of hydrogen-bond acceptors (Lipinski definition) is 4. The van der Waals surface area contributed by atoms with E-state index in [2.05, 4.69) is 19.9 Å². The van der Waals surface area contributed by atoms with E-state index in [0.29, 0.717) is 37.5 Å². The molecule has 0 aromatic carbocycles. The van der Waals surface area contributed by atoms with Gasteiger partial charge in [-0.1, -0.05) is 19.9 Å². The van der Waals surface area contributed by atoms with Gasteiger partial charge in [0.2, 0.25) is 0 Å². The van der Waals surface area contributed by atoms with Gasteiger partial charge >= 0.3 is 6.09 Å². The second-order valence-corrected chi connectivity index (χ2v) is 8.30. The number of nitriles is 1. The van der Waals surface area contributed by atoms with Gasteiger partial charge in [0.05, 0.1) is 0 Å². The summed E-state index contributed by atoms with van der Waals surface area (Å²) in [5.41, 5.74) is 1.01. The molecule has 0 fully saturated rings. The van der Waals surface area contributed by atoms with Crippen LogP contribution in [-0.4, -0.2) is 34.3 Å². The lowest BCUT2D eigenvalue weighted by Crippen LogP contribution is -2.39. The quantitative estimate of drug-likeness (QED) is 0.807. The molecule has 0 radical (unpaired) electrons. The van der Waals surface area contributed by atoms with Crippen LogP contribution in [0, 0.1) is 17.2 Å². The lowest BCUT2D eigenvalue weighted by molar-refractivity contribution is 0.0270. The van der Waals surface area contributed by atoms with E-state index < -0.39 is 5.60 Å². The van der Waals surface area contributed by atoms with Crippen molar-refractivity contribution in [3.63, 3.8) is 0 Å². The van der Waals surface area contributed by atoms with Crippen molar-refractivity contribution in [3.05, 3.63) is 39.8 Å². The summed E-state index contributed by atoms with van der Waals surface area (Å²) in [5, 5.41) is 9.52. The summed E-state index contributed by atoms with van der Waals surface area (Å²) in [6, 6.07) is 3.92. The van der Waals surface area contributed by atoms with E-state index in [1.54, 1.807) is 15.7 Å². The molecule has 0 spiro atoms. The van der Waals surface area contributed by atoms with Crippen LogP contribution < -0.4 is 5.56 Å². The van der Waals surface area contributed by atoms with Crippen LogP contribution in [0.3, 0.4) is 0 Å². The molecule has 2 heterocycles. The highest BCUT2D eigenvalue weighted by Gasteiger charge is 2.25. The van der Waals surface area contributed by atoms with Gasteiger partial charge in [0.1, 0.15) is 17.2 Å². The summed E-state index contributed by atoms with van der Waals surface area (Å²) in [7, 11) is 0. The Morgan fingerprint density at radius 1 is 1.37 bits per heavy atom. The maximum Gasteiger partial charge on any atom is 0.410 e. The Hall–Kier alpha value is -2.55. The zero-order valence-electron chi connectivity index (χ0n) is 16.9. The molecule has 0 atom stereocenters. The van der Waals surface area contributed by atoms with Crippen molar-refractivity contribution >= 4 is 11.7 Å². The number of ether oxygens (including phenoxy) is 1. The van der Waals surface area contributed by atoms with Crippen LogP contribution >= 0.6 is 0 Å². The predicted molar refractivity (Wildman–Crippen MR) is 105 cm³/mol. The zero-order valence-corrected chi connectivity index (χ0v) is 16.9. The number of amides is 1. The van der Waals surface area contributed by atoms with E-state index in [4.69, 9.17) is 4.74 Å². The molecule has 0 bridgehead atoms. The largest absolute Gasteiger partial charge is 0.444 e. The standard InChI is InChI=1S/C21H29N3O3/c1-15(2)6-10-23-13-9-17(18(14-22)19(23)25)16-7-11-24(12-8-16)20(26)27-21(3,4)5/h7,9,13,15H,6,8,10-12H2,1-5H3. The summed E-state index contributed by atoms with van der Waals surface area (Å²) in [4.78, 5) is 26.4. The maximum absolute atomic E-state index is 12.6. The van der Waals surface area contributed by atoms with Crippen molar-refractivity contribution in [2.24, 2.45) is 5.92 Å². The fourth-order valence-corrected chi connectivity index (χ4v) is 2.93. The van der Waals surface area contributed by atoms with Gasteiger partial charge < -0.3 is 14.2 Å². The minimum atomic E-state index is -0.532. The average molecular weight is 371 g/mol. The highest BCUT2D eigenvalue weighted by molar-refractivity contribution is 5.74. The third-order valence-corrected chi connectivity index (χ3v) is 4.43. The van der Waals surface area contributed by atoms with Gasteiger partial charge in [0, 0.05) is 31.4 Å². The maximum atomic E-state index is 12.6. The van der Waals surface area contributed by atoms with Crippen molar-refractivity contribution in [2.75, 3.05) is 13.1 Å². The minimum Gasteiger partial charge on any atom is -0.444 e. The van der Waals surface area contributed by atoms with Gasteiger partial charge in [0.25, 0.3) is 5.56 Å². The van der Waals surface area contributed by atoms with Gasteiger partial charge in [0.15, 0.2) is 0 Å². The molecule has 146 valence electrons. The summed E-state index contributed by atoms with van der Waals surface area (Å²) < 4.78 is 7.01. The first-order chi connectivity index (χ1) is 12.6. The molecule has 1 aliphatic heterocycles. The SMILES string of the molecule is CC(C)CCn1ccc(C2=CCN(C(=O)OC(C)(C)C)CC2)c(C#N)c1=O. The molecule has 0 saturated heterocycles. The van der Waals surface area contributed by atoms with Gasteiger partial charge in [-0.15, -0.1) is 0 Å². The number of nitrogens with zero attached hydrogens (tertiary/aromatic N) is 3. The number of aromatic nitrogens is 1. The van der Waals surface area contributed by atoms with E-state index in [1.807, 2.05) is 32.9 Å². The van der Waals surface area contributed by atoms with Crippen LogP contribution in [-0.2, 0) is 11.3 Å². The third kappa shape index (κ3) is 5.46. The Kier molecular flexibility index (Phi) is 6.48. The van der Waals surface area contributed by atoms with Gasteiger partial charge in [-0.05, 0) is 51.2 Å². The number of rotatable bonds is 4. The lowest BCUT2D eigenvalue weighted by Gasteiger charge is -2.29. The Balaban J connectivity index is 2.20. The molecular weight excluding hydrogens is 342 g/mol. The van der Waals surface area contributed by atoms with E-state index in [-0.39, 0.29) is 17.2 Å². The Morgan fingerprint density at radius 3 is 2.59 bits per heavy atom.